The van der Waals surface area contributed by atoms with Gasteiger partial charge in [0, 0.05) is 30.9 Å². The van der Waals surface area contributed by atoms with E-state index < -0.39 is 5.41 Å². The number of morpholine rings is 1. The molecule has 0 radical (unpaired) electrons. The standard InChI is InChI=1S/C33H42N2O5/c1-8-9-10-27-23(2)33(31(36)34-27,25-12-14-29(37-6)30(22-25)38-7)26-21-24(32(3,4)5)11-13-28(26)40-20-17-35-15-18-39-19-16-35/h8-14,21-22H,1,15-20H2,2-7H3,(H,34,36)/b10-9-. The van der Waals surface area contributed by atoms with E-state index in [1.807, 2.05) is 43.3 Å². The number of hydrogen-bond donors (Lipinski definition) is 1. The van der Waals surface area contributed by atoms with Crippen molar-refractivity contribution in [2.24, 2.45) is 0 Å². The first-order valence-electron chi connectivity index (χ1n) is 13.8. The second kappa shape index (κ2) is 12.3. The topological polar surface area (TPSA) is 69.3 Å². The van der Waals surface area contributed by atoms with E-state index in [0.29, 0.717) is 23.9 Å². The molecule has 2 aliphatic rings. The van der Waals surface area contributed by atoms with E-state index in [2.05, 4.69) is 49.7 Å². The van der Waals surface area contributed by atoms with Gasteiger partial charge in [-0.15, -0.1) is 0 Å². The average molecular weight is 547 g/mol. The summed E-state index contributed by atoms with van der Waals surface area (Å²) in [5.74, 6) is 1.68. The van der Waals surface area contributed by atoms with Crippen LogP contribution in [-0.4, -0.2) is 64.5 Å². The molecule has 1 amide bonds. The molecule has 1 saturated heterocycles. The van der Waals surface area contributed by atoms with Gasteiger partial charge in [-0.3, -0.25) is 9.69 Å². The van der Waals surface area contributed by atoms with Crippen LogP contribution in [0.2, 0.25) is 0 Å². The summed E-state index contributed by atoms with van der Waals surface area (Å²) in [7, 11) is 3.20. The minimum Gasteiger partial charge on any atom is -0.493 e. The van der Waals surface area contributed by atoms with Crippen LogP contribution in [0.3, 0.4) is 0 Å². The minimum atomic E-state index is -1.16. The van der Waals surface area contributed by atoms with Crippen LogP contribution < -0.4 is 19.5 Å². The lowest BCUT2D eigenvalue weighted by molar-refractivity contribution is -0.122. The van der Waals surface area contributed by atoms with Crippen LogP contribution in [0, 0.1) is 0 Å². The molecule has 7 nitrogen and oxygen atoms in total. The first-order valence-corrected chi connectivity index (χ1v) is 13.8. The first kappa shape index (κ1) is 29.4. The number of benzene rings is 2. The predicted octanol–water partition coefficient (Wildman–Crippen LogP) is 5.14. The zero-order valence-corrected chi connectivity index (χ0v) is 24.6. The molecule has 0 bridgehead atoms. The largest absolute Gasteiger partial charge is 0.493 e. The molecule has 214 valence electrons. The summed E-state index contributed by atoms with van der Waals surface area (Å²) in [6, 6.07) is 11.9. The summed E-state index contributed by atoms with van der Waals surface area (Å²) in [6.45, 7) is 16.8. The summed E-state index contributed by atoms with van der Waals surface area (Å²) < 4.78 is 23.2. The number of nitrogens with one attached hydrogen (secondary N) is 1. The van der Waals surface area contributed by atoms with Crippen molar-refractivity contribution < 1.29 is 23.7 Å². The molecule has 0 aliphatic carbocycles. The lowest BCUT2D eigenvalue weighted by atomic mass is 9.68. The second-order valence-electron chi connectivity index (χ2n) is 11.2. The van der Waals surface area contributed by atoms with Crippen LogP contribution in [0.25, 0.3) is 0 Å². The van der Waals surface area contributed by atoms with Gasteiger partial charge in [0.15, 0.2) is 11.5 Å². The smallest absolute Gasteiger partial charge is 0.243 e. The van der Waals surface area contributed by atoms with Crippen LogP contribution in [0.4, 0.5) is 0 Å². The molecule has 2 aromatic carbocycles. The maximum absolute atomic E-state index is 14.3. The highest BCUT2D eigenvalue weighted by molar-refractivity contribution is 6.01. The number of nitrogens with zero attached hydrogens (tertiary/aromatic N) is 1. The molecule has 2 aromatic rings. The monoisotopic (exact) mass is 546 g/mol. The van der Waals surface area contributed by atoms with Gasteiger partial charge in [0.25, 0.3) is 0 Å². The van der Waals surface area contributed by atoms with Crippen molar-refractivity contribution in [1.29, 1.82) is 0 Å². The Morgan fingerprint density at radius 3 is 2.40 bits per heavy atom. The quantitative estimate of drug-likeness (QED) is 0.416. The van der Waals surface area contributed by atoms with Gasteiger partial charge in [-0.05, 0) is 59.4 Å². The lowest BCUT2D eigenvalue weighted by Gasteiger charge is -2.34. The predicted molar refractivity (Wildman–Crippen MR) is 158 cm³/mol. The summed E-state index contributed by atoms with van der Waals surface area (Å²) >= 11 is 0. The van der Waals surface area contributed by atoms with E-state index in [1.54, 1.807) is 20.3 Å². The second-order valence-corrected chi connectivity index (χ2v) is 11.2. The van der Waals surface area contributed by atoms with Gasteiger partial charge in [-0.1, -0.05) is 51.6 Å². The van der Waals surface area contributed by atoms with Crippen LogP contribution in [0.15, 0.2) is 72.5 Å². The molecule has 2 aliphatic heterocycles. The van der Waals surface area contributed by atoms with Crippen molar-refractivity contribution in [3.05, 3.63) is 89.2 Å². The fraction of sp³-hybridized carbons (Fsp3) is 0.424. The molecule has 40 heavy (non-hydrogen) atoms. The number of ether oxygens (including phenoxy) is 4. The van der Waals surface area contributed by atoms with Gasteiger partial charge in [0.05, 0.1) is 27.4 Å². The summed E-state index contributed by atoms with van der Waals surface area (Å²) in [6.07, 6.45) is 5.41. The Bertz CT molecular complexity index is 1300. The molecule has 1 unspecified atom stereocenters. The highest BCUT2D eigenvalue weighted by Crippen LogP contribution is 2.50. The maximum atomic E-state index is 14.3. The first-order chi connectivity index (χ1) is 19.2. The van der Waals surface area contributed by atoms with Gasteiger partial charge in [-0.25, -0.2) is 0 Å². The van der Waals surface area contributed by atoms with Crippen molar-refractivity contribution >= 4 is 5.91 Å². The van der Waals surface area contributed by atoms with E-state index in [9.17, 15) is 4.79 Å². The third kappa shape index (κ3) is 5.67. The highest BCUT2D eigenvalue weighted by atomic mass is 16.5. The van der Waals surface area contributed by atoms with E-state index in [4.69, 9.17) is 18.9 Å². The Morgan fingerprint density at radius 2 is 1.75 bits per heavy atom. The molecular weight excluding hydrogens is 504 g/mol. The number of carbonyl (C=O) groups excluding carboxylic acids is 1. The van der Waals surface area contributed by atoms with E-state index in [1.165, 1.54) is 0 Å². The molecule has 1 atom stereocenters. The zero-order chi connectivity index (χ0) is 28.9. The van der Waals surface area contributed by atoms with Crippen LogP contribution in [0.5, 0.6) is 17.2 Å². The molecule has 2 heterocycles. The van der Waals surface area contributed by atoms with Gasteiger partial charge < -0.3 is 24.3 Å². The summed E-state index contributed by atoms with van der Waals surface area (Å²) in [4.78, 5) is 16.6. The average Bonchev–Trinajstić information content (AvgIpc) is 3.20. The Balaban J connectivity index is 1.92. The van der Waals surface area contributed by atoms with Crippen LogP contribution in [-0.2, 0) is 20.4 Å². The third-order valence-corrected chi connectivity index (χ3v) is 7.79. The Morgan fingerprint density at radius 1 is 1.05 bits per heavy atom. The Hall–Kier alpha value is -3.55. The molecule has 1 fully saturated rings. The van der Waals surface area contributed by atoms with Crippen molar-refractivity contribution in [1.82, 2.24) is 10.2 Å². The molecule has 0 saturated carbocycles. The minimum absolute atomic E-state index is 0.141. The lowest BCUT2D eigenvalue weighted by Crippen LogP contribution is -2.41. The van der Waals surface area contributed by atoms with E-state index in [0.717, 1.165) is 60.8 Å². The fourth-order valence-corrected chi connectivity index (χ4v) is 5.43. The van der Waals surface area contributed by atoms with Crippen LogP contribution >= 0.6 is 0 Å². The molecule has 7 heteroatoms. The van der Waals surface area contributed by atoms with Crippen LogP contribution in [0.1, 0.15) is 44.4 Å². The number of methoxy groups -OCH3 is 2. The molecule has 4 rings (SSSR count). The SMILES string of the molecule is C=C/C=C\C1=C(C)C(c2ccc(OC)c(OC)c2)(c2cc(C(C)(C)C)ccc2OCCN2CCOCC2)C(=O)N1. The van der Waals surface area contributed by atoms with Gasteiger partial charge in [0.2, 0.25) is 5.91 Å². The maximum Gasteiger partial charge on any atom is 0.243 e. The van der Waals surface area contributed by atoms with Crippen molar-refractivity contribution in [3.63, 3.8) is 0 Å². The van der Waals surface area contributed by atoms with Gasteiger partial charge in [-0.2, -0.15) is 0 Å². The summed E-state index contributed by atoms with van der Waals surface area (Å²) in [5, 5.41) is 3.14. The fourth-order valence-electron chi connectivity index (χ4n) is 5.43. The van der Waals surface area contributed by atoms with Crippen molar-refractivity contribution in [3.8, 4) is 17.2 Å². The van der Waals surface area contributed by atoms with Gasteiger partial charge in [0.1, 0.15) is 17.8 Å². The number of carbonyl (C=O) groups is 1. The Kier molecular flexibility index (Phi) is 9.06. The number of hydrogen-bond acceptors (Lipinski definition) is 6. The third-order valence-electron chi connectivity index (χ3n) is 7.79. The molecular formula is C33H42N2O5. The highest BCUT2D eigenvalue weighted by Gasteiger charge is 2.51. The zero-order valence-electron chi connectivity index (χ0n) is 24.6. The molecule has 1 N–H and O–H groups in total. The summed E-state index contributed by atoms with van der Waals surface area (Å²) in [5.41, 5.74) is 2.98. The van der Waals surface area contributed by atoms with Crippen molar-refractivity contribution in [2.75, 3.05) is 53.7 Å². The number of rotatable bonds is 10. The van der Waals surface area contributed by atoms with Crippen molar-refractivity contribution in [2.45, 2.75) is 38.5 Å². The van der Waals surface area contributed by atoms with E-state index in [-0.39, 0.29) is 11.3 Å². The molecule has 0 spiro atoms. The number of allylic oxidation sites excluding steroid dienone is 3. The van der Waals surface area contributed by atoms with Gasteiger partial charge >= 0.3 is 0 Å². The van der Waals surface area contributed by atoms with E-state index >= 15 is 0 Å². The normalized spacial score (nSPS) is 20.1. The Labute approximate surface area is 238 Å². The molecule has 0 aromatic heterocycles. The number of amides is 1.